The summed E-state index contributed by atoms with van der Waals surface area (Å²) in [4.78, 5) is 36.2. The predicted octanol–water partition coefficient (Wildman–Crippen LogP) is 0.147. The number of primary amides is 1. The first-order chi connectivity index (χ1) is 9.34. The SMILES string of the molecule is CC(NC(=O)C1CCCN(C(N)=O)C1)(C(=O)O)C1CC1. The molecule has 0 aromatic heterocycles. The molecule has 0 radical (unpaired) electrons. The fraction of sp³-hybridized carbons (Fsp3) is 0.769. The lowest BCUT2D eigenvalue weighted by Crippen LogP contribution is -2.57. The molecule has 7 nitrogen and oxygen atoms in total. The topological polar surface area (TPSA) is 113 Å². The Morgan fingerprint density at radius 1 is 1.30 bits per heavy atom. The van der Waals surface area contributed by atoms with Crippen LogP contribution in [0.3, 0.4) is 0 Å². The summed E-state index contributed by atoms with van der Waals surface area (Å²) in [7, 11) is 0. The predicted molar refractivity (Wildman–Crippen MR) is 70.8 cm³/mol. The van der Waals surface area contributed by atoms with Gasteiger partial charge in [0.2, 0.25) is 5.91 Å². The third-order valence-electron chi connectivity index (χ3n) is 4.32. The van der Waals surface area contributed by atoms with Crippen molar-refractivity contribution in [2.45, 2.75) is 38.1 Å². The van der Waals surface area contributed by atoms with Gasteiger partial charge in [-0.15, -0.1) is 0 Å². The highest BCUT2D eigenvalue weighted by Crippen LogP contribution is 2.40. The van der Waals surface area contributed by atoms with E-state index in [1.54, 1.807) is 6.92 Å². The minimum atomic E-state index is -1.20. The van der Waals surface area contributed by atoms with E-state index in [-0.39, 0.29) is 24.3 Å². The van der Waals surface area contributed by atoms with E-state index >= 15 is 0 Å². The second-order valence-corrected chi connectivity index (χ2v) is 5.89. The summed E-state index contributed by atoms with van der Waals surface area (Å²) in [6.45, 7) is 2.37. The molecular weight excluding hydrogens is 262 g/mol. The Bertz CT molecular complexity index is 435. The van der Waals surface area contributed by atoms with Crippen LogP contribution in [0.2, 0.25) is 0 Å². The number of urea groups is 1. The highest BCUT2D eigenvalue weighted by atomic mass is 16.4. The largest absolute Gasteiger partial charge is 0.480 e. The van der Waals surface area contributed by atoms with Gasteiger partial charge < -0.3 is 21.1 Å². The van der Waals surface area contributed by atoms with Crippen molar-refractivity contribution in [3.8, 4) is 0 Å². The number of carboxylic acids is 1. The molecule has 2 fully saturated rings. The zero-order valence-electron chi connectivity index (χ0n) is 11.6. The summed E-state index contributed by atoms with van der Waals surface area (Å²) in [5.74, 6) is -1.68. The number of nitrogens with one attached hydrogen (secondary N) is 1. The monoisotopic (exact) mass is 283 g/mol. The molecule has 4 N–H and O–H groups in total. The van der Waals surface area contributed by atoms with Crippen LogP contribution in [0.5, 0.6) is 0 Å². The number of piperidine rings is 1. The second kappa shape index (κ2) is 5.30. The summed E-state index contributed by atoms with van der Waals surface area (Å²) >= 11 is 0. The second-order valence-electron chi connectivity index (χ2n) is 5.89. The van der Waals surface area contributed by atoms with E-state index in [1.807, 2.05) is 0 Å². The molecule has 2 atom stereocenters. The lowest BCUT2D eigenvalue weighted by atomic mass is 9.92. The number of carbonyl (C=O) groups excluding carboxylic acids is 2. The molecule has 0 bridgehead atoms. The third kappa shape index (κ3) is 2.86. The summed E-state index contributed by atoms with van der Waals surface area (Å²) in [5, 5.41) is 12.0. The molecule has 1 aliphatic heterocycles. The lowest BCUT2D eigenvalue weighted by molar-refractivity contribution is -0.148. The third-order valence-corrected chi connectivity index (χ3v) is 4.32. The maximum atomic E-state index is 12.3. The maximum Gasteiger partial charge on any atom is 0.329 e. The normalized spacial score (nSPS) is 25.6. The Kier molecular flexibility index (Phi) is 3.87. The van der Waals surface area contributed by atoms with Crippen LogP contribution in [-0.2, 0) is 9.59 Å². The van der Waals surface area contributed by atoms with Crippen molar-refractivity contribution in [3.63, 3.8) is 0 Å². The number of carboxylic acid groups (broad SMARTS) is 1. The Labute approximate surface area is 117 Å². The molecule has 20 heavy (non-hydrogen) atoms. The molecule has 112 valence electrons. The fourth-order valence-corrected chi connectivity index (χ4v) is 2.74. The van der Waals surface area contributed by atoms with Crippen LogP contribution in [0, 0.1) is 11.8 Å². The molecule has 0 spiro atoms. The van der Waals surface area contributed by atoms with Gasteiger partial charge in [0, 0.05) is 13.1 Å². The van der Waals surface area contributed by atoms with Gasteiger partial charge in [-0.3, -0.25) is 4.79 Å². The van der Waals surface area contributed by atoms with E-state index in [4.69, 9.17) is 5.73 Å². The van der Waals surface area contributed by atoms with Crippen LogP contribution < -0.4 is 11.1 Å². The van der Waals surface area contributed by atoms with Gasteiger partial charge in [-0.05, 0) is 38.5 Å². The van der Waals surface area contributed by atoms with Gasteiger partial charge in [-0.1, -0.05) is 0 Å². The van der Waals surface area contributed by atoms with Gasteiger partial charge >= 0.3 is 12.0 Å². The molecule has 0 aromatic carbocycles. The van der Waals surface area contributed by atoms with Crippen molar-refractivity contribution in [2.75, 3.05) is 13.1 Å². The Morgan fingerprint density at radius 2 is 1.95 bits per heavy atom. The van der Waals surface area contributed by atoms with Crippen LogP contribution in [0.1, 0.15) is 32.6 Å². The first-order valence-electron chi connectivity index (χ1n) is 6.94. The summed E-state index contributed by atoms with van der Waals surface area (Å²) in [5.41, 5.74) is 4.02. The van der Waals surface area contributed by atoms with E-state index in [2.05, 4.69) is 5.32 Å². The van der Waals surface area contributed by atoms with Crippen LogP contribution in [0.25, 0.3) is 0 Å². The molecule has 2 rings (SSSR count). The highest BCUT2D eigenvalue weighted by Gasteiger charge is 2.49. The minimum absolute atomic E-state index is 0.000200. The quantitative estimate of drug-likeness (QED) is 0.681. The number of likely N-dealkylation sites (tertiary alicyclic amines) is 1. The van der Waals surface area contributed by atoms with Crippen LogP contribution in [0.4, 0.5) is 4.79 Å². The van der Waals surface area contributed by atoms with Crippen molar-refractivity contribution >= 4 is 17.9 Å². The zero-order valence-corrected chi connectivity index (χ0v) is 11.6. The van der Waals surface area contributed by atoms with E-state index in [0.29, 0.717) is 19.4 Å². The average molecular weight is 283 g/mol. The van der Waals surface area contributed by atoms with Crippen molar-refractivity contribution in [1.29, 1.82) is 0 Å². The van der Waals surface area contributed by atoms with Crippen LogP contribution >= 0.6 is 0 Å². The first kappa shape index (κ1) is 14.6. The van der Waals surface area contributed by atoms with E-state index in [1.165, 1.54) is 4.90 Å². The molecule has 0 aromatic rings. The number of amides is 3. The Hall–Kier alpha value is -1.79. The highest BCUT2D eigenvalue weighted by molar-refractivity contribution is 5.88. The molecular formula is C13H21N3O4. The van der Waals surface area contributed by atoms with E-state index < -0.39 is 17.5 Å². The number of nitrogens with zero attached hydrogens (tertiary/aromatic N) is 1. The van der Waals surface area contributed by atoms with E-state index in [9.17, 15) is 19.5 Å². The minimum Gasteiger partial charge on any atom is -0.480 e. The van der Waals surface area contributed by atoms with Crippen LogP contribution in [-0.4, -0.2) is 46.5 Å². The lowest BCUT2D eigenvalue weighted by Gasteiger charge is -2.33. The summed E-state index contributed by atoms with van der Waals surface area (Å²) < 4.78 is 0. The molecule has 3 amide bonds. The molecule has 1 heterocycles. The van der Waals surface area contributed by atoms with Crippen molar-refractivity contribution in [3.05, 3.63) is 0 Å². The van der Waals surface area contributed by atoms with Gasteiger partial charge in [-0.2, -0.15) is 0 Å². The summed E-state index contributed by atoms with van der Waals surface area (Å²) in [6.07, 6.45) is 2.99. The number of aliphatic carboxylic acids is 1. The van der Waals surface area contributed by atoms with Crippen LogP contribution in [0.15, 0.2) is 0 Å². The van der Waals surface area contributed by atoms with Gasteiger partial charge in [0.15, 0.2) is 0 Å². The molecule has 2 unspecified atom stereocenters. The smallest absolute Gasteiger partial charge is 0.329 e. The molecule has 1 saturated heterocycles. The summed E-state index contributed by atoms with van der Waals surface area (Å²) in [6, 6.07) is -0.536. The molecule has 2 aliphatic rings. The van der Waals surface area contributed by atoms with Gasteiger partial charge in [0.1, 0.15) is 5.54 Å². The van der Waals surface area contributed by atoms with Gasteiger partial charge in [0.05, 0.1) is 5.92 Å². The average Bonchev–Trinajstić information content (AvgIpc) is 3.23. The standard InChI is InChI=1S/C13H21N3O4/c1-13(11(18)19,9-4-5-9)15-10(17)8-3-2-6-16(7-8)12(14)20/h8-9H,2-7H2,1H3,(H2,14,20)(H,15,17)(H,18,19). The zero-order chi connectivity index (χ0) is 14.9. The number of rotatable bonds is 4. The van der Waals surface area contributed by atoms with Gasteiger partial charge in [-0.25, -0.2) is 9.59 Å². The molecule has 7 heteroatoms. The number of hydrogen-bond acceptors (Lipinski definition) is 3. The maximum absolute atomic E-state index is 12.3. The molecule has 1 aliphatic carbocycles. The number of nitrogens with two attached hydrogens (primary N) is 1. The van der Waals surface area contributed by atoms with Crippen molar-refractivity contribution < 1.29 is 19.5 Å². The Balaban J connectivity index is 2.00. The molecule has 1 saturated carbocycles. The first-order valence-corrected chi connectivity index (χ1v) is 6.94. The fourth-order valence-electron chi connectivity index (χ4n) is 2.74. The Morgan fingerprint density at radius 3 is 2.45 bits per heavy atom. The van der Waals surface area contributed by atoms with Crippen molar-refractivity contribution in [2.24, 2.45) is 17.6 Å². The van der Waals surface area contributed by atoms with Crippen molar-refractivity contribution in [1.82, 2.24) is 10.2 Å². The van der Waals surface area contributed by atoms with E-state index in [0.717, 1.165) is 12.8 Å². The number of hydrogen-bond donors (Lipinski definition) is 3. The van der Waals surface area contributed by atoms with Gasteiger partial charge in [0.25, 0.3) is 0 Å². The number of carbonyl (C=O) groups is 3.